The predicted octanol–water partition coefficient (Wildman–Crippen LogP) is 3.48. The van der Waals surface area contributed by atoms with Gasteiger partial charge < -0.3 is 10.6 Å². The third kappa shape index (κ3) is 3.82. The molecule has 0 bridgehead atoms. The number of hydrogen-bond acceptors (Lipinski definition) is 2. The molecule has 0 saturated carbocycles. The van der Waals surface area contributed by atoms with E-state index in [0.29, 0.717) is 41.2 Å². The second kappa shape index (κ2) is 7.23. The van der Waals surface area contributed by atoms with Crippen LogP contribution in [0.2, 0.25) is 5.02 Å². The third-order valence-electron chi connectivity index (χ3n) is 4.48. The lowest BCUT2D eigenvalue weighted by atomic mass is 9.96. The molecule has 4 nitrogen and oxygen atoms in total. The lowest BCUT2D eigenvalue weighted by molar-refractivity contribution is -0.123. The Morgan fingerprint density at radius 1 is 1.16 bits per heavy atom. The number of nitrogens with two attached hydrogens (primary N) is 1. The molecule has 2 amide bonds. The SMILES string of the molecule is NC(=O)[C@H]1CCCN(C(=O)c2ccc(-c3cc(Cl)ccc3F)cc2)C1. The Kier molecular flexibility index (Phi) is 5.04. The average Bonchev–Trinajstić information content (AvgIpc) is 2.63. The van der Waals surface area contributed by atoms with E-state index in [2.05, 4.69) is 0 Å². The number of benzene rings is 2. The highest BCUT2D eigenvalue weighted by Gasteiger charge is 2.27. The maximum Gasteiger partial charge on any atom is 0.253 e. The third-order valence-corrected chi connectivity index (χ3v) is 4.72. The Labute approximate surface area is 150 Å². The molecule has 6 heteroatoms. The van der Waals surface area contributed by atoms with E-state index in [-0.39, 0.29) is 23.5 Å². The second-order valence-electron chi connectivity index (χ2n) is 6.19. The van der Waals surface area contributed by atoms with E-state index in [0.717, 1.165) is 6.42 Å². The smallest absolute Gasteiger partial charge is 0.253 e. The van der Waals surface area contributed by atoms with E-state index >= 15 is 0 Å². The Hall–Kier alpha value is -2.40. The largest absolute Gasteiger partial charge is 0.369 e. The summed E-state index contributed by atoms with van der Waals surface area (Å²) in [5.74, 6) is -1.19. The summed E-state index contributed by atoms with van der Waals surface area (Å²) in [6.07, 6.45) is 1.47. The normalized spacial score (nSPS) is 17.4. The summed E-state index contributed by atoms with van der Waals surface area (Å²) in [7, 11) is 0. The summed E-state index contributed by atoms with van der Waals surface area (Å²) >= 11 is 5.92. The molecule has 130 valence electrons. The first-order chi connectivity index (χ1) is 12.0. The second-order valence-corrected chi connectivity index (χ2v) is 6.63. The number of amides is 2. The first-order valence-corrected chi connectivity index (χ1v) is 8.47. The fraction of sp³-hybridized carbons (Fsp3) is 0.263. The molecule has 1 atom stereocenters. The number of primary amides is 1. The van der Waals surface area contributed by atoms with Gasteiger partial charge >= 0.3 is 0 Å². The molecule has 2 aromatic rings. The lowest BCUT2D eigenvalue weighted by Gasteiger charge is -2.31. The van der Waals surface area contributed by atoms with Crippen molar-refractivity contribution in [2.75, 3.05) is 13.1 Å². The van der Waals surface area contributed by atoms with Gasteiger partial charge in [0.15, 0.2) is 0 Å². The Morgan fingerprint density at radius 2 is 1.88 bits per heavy atom. The number of halogens is 2. The highest BCUT2D eigenvalue weighted by Crippen LogP contribution is 2.27. The van der Waals surface area contributed by atoms with Crippen LogP contribution in [-0.2, 0) is 4.79 Å². The van der Waals surface area contributed by atoms with Crippen molar-refractivity contribution in [3.63, 3.8) is 0 Å². The minimum atomic E-state index is -0.371. The molecule has 2 N–H and O–H groups in total. The molecule has 2 aromatic carbocycles. The number of piperidine rings is 1. The topological polar surface area (TPSA) is 63.4 Å². The molecule has 0 radical (unpaired) electrons. The van der Waals surface area contributed by atoms with E-state index in [1.54, 1.807) is 35.2 Å². The van der Waals surface area contributed by atoms with Gasteiger partial charge in [-0.15, -0.1) is 0 Å². The maximum absolute atomic E-state index is 13.9. The van der Waals surface area contributed by atoms with Crippen LogP contribution < -0.4 is 5.73 Å². The van der Waals surface area contributed by atoms with Crippen molar-refractivity contribution in [2.24, 2.45) is 11.7 Å². The van der Waals surface area contributed by atoms with Crippen molar-refractivity contribution in [1.82, 2.24) is 4.90 Å². The average molecular weight is 361 g/mol. The van der Waals surface area contributed by atoms with Gasteiger partial charge in [-0.2, -0.15) is 0 Å². The summed E-state index contributed by atoms with van der Waals surface area (Å²) in [4.78, 5) is 25.6. The van der Waals surface area contributed by atoms with Gasteiger partial charge in [0.25, 0.3) is 5.91 Å². The number of nitrogens with zero attached hydrogens (tertiary/aromatic N) is 1. The Morgan fingerprint density at radius 3 is 2.56 bits per heavy atom. The predicted molar refractivity (Wildman–Crippen MR) is 94.7 cm³/mol. The molecule has 3 rings (SSSR count). The standard InChI is InChI=1S/C19H18ClFN2O2/c20-15-7-8-17(21)16(10-15)12-3-5-13(6-4-12)19(25)23-9-1-2-14(11-23)18(22)24/h3-8,10,14H,1-2,9,11H2,(H2,22,24)/t14-/m0/s1. The van der Waals surface area contributed by atoms with Crippen molar-refractivity contribution in [1.29, 1.82) is 0 Å². The number of rotatable bonds is 3. The molecular weight excluding hydrogens is 343 g/mol. The van der Waals surface area contributed by atoms with Crippen molar-refractivity contribution in [3.05, 3.63) is 58.9 Å². The van der Waals surface area contributed by atoms with Crippen molar-refractivity contribution in [3.8, 4) is 11.1 Å². The Balaban J connectivity index is 1.79. The van der Waals surface area contributed by atoms with E-state index in [1.807, 2.05) is 0 Å². The summed E-state index contributed by atoms with van der Waals surface area (Å²) in [6.45, 7) is 0.951. The van der Waals surface area contributed by atoms with Gasteiger partial charge in [0.1, 0.15) is 5.82 Å². The zero-order valence-electron chi connectivity index (χ0n) is 13.5. The van der Waals surface area contributed by atoms with Gasteiger partial charge in [-0.1, -0.05) is 23.7 Å². The van der Waals surface area contributed by atoms with E-state index in [1.165, 1.54) is 12.1 Å². The van der Waals surface area contributed by atoms with Crippen LogP contribution in [0.3, 0.4) is 0 Å². The molecule has 0 aromatic heterocycles. The number of likely N-dealkylation sites (tertiary alicyclic amines) is 1. The van der Waals surface area contributed by atoms with Crippen LogP contribution in [0, 0.1) is 11.7 Å². The van der Waals surface area contributed by atoms with E-state index in [4.69, 9.17) is 17.3 Å². The molecular formula is C19H18ClFN2O2. The minimum Gasteiger partial charge on any atom is -0.369 e. The first kappa shape index (κ1) is 17.4. The van der Waals surface area contributed by atoms with Gasteiger partial charge in [0, 0.05) is 29.2 Å². The Bertz CT molecular complexity index is 808. The zero-order valence-corrected chi connectivity index (χ0v) is 14.3. The molecule has 25 heavy (non-hydrogen) atoms. The first-order valence-electron chi connectivity index (χ1n) is 8.10. The van der Waals surface area contributed by atoms with Crippen molar-refractivity contribution < 1.29 is 14.0 Å². The summed E-state index contributed by atoms with van der Waals surface area (Å²) < 4.78 is 13.9. The zero-order chi connectivity index (χ0) is 18.0. The minimum absolute atomic E-state index is 0.149. The fourth-order valence-electron chi connectivity index (χ4n) is 3.09. The van der Waals surface area contributed by atoms with Gasteiger partial charge in [-0.25, -0.2) is 4.39 Å². The number of carbonyl (C=O) groups is 2. The summed E-state index contributed by atoms with van der Waals surface area (Å²) in [5.41, 5.74) is 6.88. The van der Waals surface area contributed by atoms with Crippen LogP contribution in [0.1, 0.15) is 23.2 Å². The van der Waals surface area contributed by atoms with Gasteiger partial charge in [0.2, 0.25) is 5.91 Å². The van der Waals surface area contributed by atoms with Crippen molar-refractivity contribution in [2.45, 2.75) is 12.8 Å². The number of hydrogen-bond donors (Lipinski definition) is 1. The van der Waals surface area contributed by atoms with Crippen LogP contribution in [-0.4, -0.2) is 29.8 Å². The van der Waals surface area contributed by atoms with Crippen LogP contribution in [0.5, 0.6) is 0 Å². The molecule has 1 fully saturated rings. The molecule has 0 spiro atoms. The van der Waals surface area contributed by atoms with Crippen LogP contribution in [0.25, 0.3) is 11.1 Å². The van der Waals surface area contributed by atoms with Gasteiger partial charge in [0.05, 0.1) is 5.92 Å². The molecule has 1 saturated heterocycles. The van der Waals surface area contributed by atoms with Crippen molar-refractivity contribution >= 4 is 23.4 Å². The monoisotopic (exact) mass is 360 g/mol. The highest BCUT2D eigenvalue weighted by atomic mass is 35.5. The highest BCUT2D eigenvalue weighted by molar-refractivity contribution is 6.30. The number of carbonyl (C=O) groups excluding carboxylic acids is 2. The summed E-state index contributed by atoms with van der Waals surface area (Å²) in [6, 6.07) is 11.1. The van der Waals surface area contributed by atoms with Gasteiger partial charge in [-0.05, 0) is 48.7 Å². The van der Waals surface area contributed by atoms with Crippen LogP contribution >= 0.6 is 11.6 Å². The summed E-state index contributed by atoms with van der Waals surface area (Å²) in [5, 5.41) is 0.447. The molecule has 1 aliphatic rings. The molecule has 1 heterocycles. The van der Waals surface area contributed by atoms with E-state index in [9.17, 15) is 14.0 Å². The van der Waals surface area contributed by atoms with Gasteiger partial charge in [-0.3, -0.25) is 9.59 Å². The van der Waals surface area contributed by atoms with Crippen LogP contribution in [0.4, 0.5) is 4.39 Å². The quantitative estimate of drug-likeness (QED) is 0.910. The lowest BCUT2D eigenvalue weighted by Crippen LogP contribution is -2.44. The molecule has 0 aliphatic carbocycles. The molecule has 0 unspecified atom stereocenters. The molecule has 1 aliphatic heterocycles. The van der Waals surface area contributed by atoms with Crippen LogP contribution in [0.15, 0.2) is 42.5 Å². The maximum atomic E-state index is 13.9. The van der Waals surface area contributed by atoms with E-state index < -0.39 is 0 Å². The fourth-order valence-corrected chi connectivity index (χ4v) is 3.26.